The molecule has 1 aliphatic heterocycles. The molecule has 2 aliphatic rings. The van der Waals surface area contributed by atoms with Gasteiger partial charge in [0.1, 0.15) is 0 Å². The number of carbonyl (C=O) groups is 1. The summed E-state index contributed by atoms with van der Waals surface area (Å²) in [5, 5.41) is 3.06. The lowest BCUT2D eigenvalue weighted by Crippen LogP contribution is -2.32. The zero-order valence-corrected chi connectivity index (χ0v) is 12.1. The fraction of sp³-hybridized carbons (Fsp3) is 0.933. The summed E-state index contributed by atoms with van der Waals surface area (Å²) < 4.78 is 5.50. The average molecular weight is 268 g/mol. The number of hydrogen-bond donors (Lipinski definition) is 2. The highest BCUT2D eigenvalue weighted by Crippen LogP contribution is 2.26. The number of nitrogens with one attached hydrogen (secondary N) is 1. The van der Waals surface area contributed by atoms with Crippen LogP contribution in [0.15, 0.2) is 0 Å². The van der Waals surface area contributed by atoms with E-state index >= 15 is 0 Å². The maximum Gasteiger partial charge on any atom is 0.220 e. The number of amides is 1. The fourth-order valence-corrected chi connectivity index (χ4v) is 3.19. The zero-order valence-electron chi connectivity index (χ0n) is 12.1. The molecule has 2 atom stereocenters. The Morgan fingerprint density at radius 1 is 1.26 bits per heavy atom. The second kappa shape index (κ2) is 7.25. The van der Waals surface area contributed by atoms with Crippen molar-refractivity contribution in [3.63, 3.8) is 0 Å². The molecule has 19 heavy (non-hydrogen) atoms. The molecule has 0 aromatic heterocycles. The van der Waals surface area contributed by atoms with Gasteiger partial charge in [0.15, 0.2) is 0 Å². The van der Waals surface area contributed by atoms with Crippen molar-refractivity contribution in [3.8, 4) is 0 Å². The lowest BCUT2D eigenvalue weighted by atomic mass is 9.84. The van der Waals surface area contributed by atoms with Gasteiger partial charge in [-0.1, -0.05) is 0 Å². The fourth-order valence-electron chi connectivity index (χ4n) is 3.19. The second-order valence-corrected chi connectivity index (χ2v) is 6.25. The lowest BCUT2D eigenvalue weighted by Gasteiger charge is -2.25. The van der Waals surface area contributed by atoms with Gasteiger partial charge in [0.25, 0.3) is 0 Å². The Balaban J connectivity index is 1.57. The zero-order chi connectivity index (χ0) is 13.7. The lowest BCUT2D eigenvalue weighted by molar-refractivity contribution is -0.121. The van der Waals surface area contributed by atoms with Gasteiger partial charge in [-0.05, 0) is 51.4 Å². The van der Waals surface area contributed by atoms with E-state index in [0.29, 0.717) is 30.4 Å². The van der Waals surface area contributed by atoms with Crippen molar-refractivity contribution in [3.05, 3.63) is 0 Å². The van der Waals surface area contributed by atoms with Crippen LogP contribution in [0.2, 0.25) is 0 Å². The molecule has 0 spiro atoms. The highest BCUT2D eigenvalue weighted by atomic mass is 16.5. The first-order valence-corrected chi connectivity index (χ1v) is 7.79. The number of carbonyl (C=O) groups excluding carboxylic acids is 1. The Bertz CT molecular complexity index is 288. The first-order chi connectivity index (χ1) is 9.15. The van der Waals surface area contributed by atoms with E-state index in [4.69, 9.17) is 10.5 Å². The Kier molecular flexibility index (Phi) is 5.64. The van der Waals surface area contributed by atoms with E-state index in [1.165, 1.54) is 12.8 Å². The van der Waals surface area contributed by atoms with Crippen LogP contribution in [-0.2, 0) is 9.53 Å². The standard InChI is InChI=1S/C15H28N2O2/c1-11-13(8-9-19-11)10-17-15(18)7-4-12-2-5-14(16)6-3-12/h11-14H,2-10,16H2,1H3,(H,17,18). The van der Waals surface area contributed by atoms with Gasteiger partial charge < -0.3 is 15.8 Å². The second-order valence-electron chi connectivity index (χ2n) is 6.25. The van der Waals surface area contributed by atoms with Crippen LogP contribution in [0.3, 0.4) is 0 Å². The van der Waals surface area contributed by atoms with Gasteiger partial charge in [-0.2, -0.15) is 0 Å². The van der Waals surface area contributed by atoms with Gasteiger partial charge in [-0.15, -0.1) is 0 Å². The van der Waals surface area contributed by atoms with Crippen LogP contribution in [-0.4, -0.2) is 31.2 Å². The molecular formula is C15H28N2O2. The van der Waals surface area contributed by atoms with Crippen LogP contribution in [0.25, 0.3) is 0 Å². The summed E-state index contributed by atoms with van der Waals surface area (Å²) >= 11 is 0. The summed E-state index contributed by atoms with van der Waals surface area (Å²) in [6.45, 7) is 3.70. The molecule has 0 radical (unpaired) electrons. The van der Waals surface area contributed by atoms with E-state index in [1.807, 2.05) is 0 Å². The Labute approximate surface area is 116 Å². The molecule has 1 aliphatic carbocycles. The smallest absolute Gasteiger partial charge is 0.220 e. The molecule has 0 aromatic rings. The molecule has 0 aromatic carbocycles. The molecule has 4 heteroatoms. The van der Waals surface area contributed by atoms with Gasteiger partial charge >= 0.3 is 0 Å². The molecule has 0 bridgehead atoms. The van der Waals surface area contributed by atoms with E-state index in [0.717, 1.165) is 38.8 Å². The first kappa shape index (κ1) is 14.8. The van der Waals surface area contributed by atoms with Gasteiger partial charge in [0.2, 0.25) is 5.91 Å². The molecule has 2 unspecified atom stereocenters. The largest absolute Gasteiger partial charge is 0.378 e. The van der Waals surface area contributed by atoms with E-state index in [1.54, 1.807) is 0 Å². The highest BCUT2D eigenvalue weighted by molar-refractivity contribution is 5.75. The molecule has 2 rings (SSSR count). The summed E-state index contributed by atoms with van der Waals surface area (Å²) in [6, 6.07) is 0.397. The molecule has 1 saturated carbocycles. The quantitative estimate of drug-likeness (QED) is 0.799. The van der Waals surface area contributed by atoms with Gasteiger partial charge in [-0.3, -0.25) is 4.79 Å². The van der Waals surface area contributed by atoms with Gasteiger partial charge in [0, 0.05) is 31.5 Å². The Morgan fingerprint density at radius 2 is 2.00 bits per heavy atom. The van der Waals surface area contributed by atoms with Crippen LogP contribution < -0.4 is 11.1 Å². The van der Waals surface area contributed by atoms with Crippen LogP contribution in [0.1, 0.15) is 51.9 Å². The molecule has 1 amide bonds. The van der Waals surface area contributed by atoms with Crippen LogP contribution >= 0.6 is 0 Å². The first-order valence-electron chi connectivity index (χ1n) is 7.79. The summed E-state index contributed by atoms with van der Waals surface area (Å²) in [5.74, 6) is 1.41. The molecular weight excluding hydrogens is 240 g/mol. The Morgan fingerprint density at radius 3 is 2.63 bits per heavy atom. The van der Waals surface area contributed by atoms with Crippen LogP contribution in [0.4, 0.5) is 0 Å². The van der Waals surface area contributed by atoms with Gasteiger partial charge in [-0.25, -0.2) is 0 Å². The third kappa shape index (κ3) is 4.77. The number of ether oxygens (including phenoxy) is 1. The molecule has 4 nitrogen and oxygen atoms in total. The minimum absolute atomic E-state index is 0.203. The molecule has 3 N–H and O–H groups in total. The maximum absolute atomic E-state index is 11.8. The molecule has 1 saturated heterocycles. The molecule has 1 heterocycles. The van der Waals surface area contributed by atoms with E-state index < -0.39 is 0 Å². The van der Waals surface area contributed by atoms with E-state index in [-0.39, 0.29) is 5.91 Å². The van der Waals surface area contributed by atoms with Crippen molar-refractivity contribution in [1.29, 1.82) is 0 Å². The Hall–Kier alpha value is -0.610. The van der Waals surface area contributed by atoms with E-state index in [9.17, 15) is 4.79 Å². The van der Waals surface area contributed by atoms with Crippen molar-refractivity contribution in [2.45, 2.75) is 64.0 Å². The summed E-state index contributed by atoms with van der Waals surface area (Å²) in [6.07, 6.45) is 7.70. The number of rotatable bonds is 5. The van der Waals surface area contributed by atoms with Gasteiger partial charge in [0.05, 0.1) is 6.10 Å². The predicted molar refractivity (Wildman–Crippen MR) is 75.7 cm³/mol. The van der Waals surface area contributed by atoms with Crippen molar-refractivity contribution in [2.75, 3.05) is 13.2 Å². The van der Waals surface area contributed by atoms with Crippen molar-refractivity contribution in [2.24, 2.45) is 17.6 Å². The summed E-state index contributed by atoms with van der Waals surface area (Å²) in [7, 11) is 0. The third-order valence-corrected chi connectivity index (χ3v) is 4.77. The monoisotopic (exact) mass is 268 g/mol. The molecule has 2 fully saturated rings. The highest BCUT2D eigenvalue weighted by Gasteiger charge is 2.24. The van der Waals surface area contributed by atoms with E-state index in [2.05, 4.69) is 12.2 Å². The van der Waals surface area contributed by atoms with Crippen molar-refractivity contribution in [1.82, 2.24) is 5.32 Å². The van der Waals surface area contributed by atoms with Crippen LogP contribution in [0, 0.1) is 11.8 Å². The average Bonchev–Trinajstić information content (AvgIpc) is 2.81. The minimum Gasteiger partial charge on any atom is -0.378 e. The molecule has 110 valence electrons. The number of nitrogens with two attached hydrogens (primary N) is 1. The predicted octanol–water partition coefficient (Wildman–Crippen LogP) is 1.83. The number of hydrogen-bond acceptors (Lipinski definition) is 3. The minimum atomic E-state index is 0.203. The SMILES string of the molecule is CC1OCCC1CNC(=O)CCC1CCC(N)CC1. The summed E-state index contributed by atoms with van der Waals surface area (Å²) in [4.78, 5) is 11.8. The van der Waals surface area contributed by atoms with Crippen molar-refractivity contribution < 1.29 is 9.53 Å². The summed E-state index contributed by atoms with van der Waals surface area (Å²) in [5.41, 5.74) is 5.89. The third-order valence-electron chi connectivity index (χ3n) is 4.77. The van der Waals surface area contributed by atoms with Crippen LogP contribution in [0.5, 0.6) is 0 Å². The maximum atomic E-state index is 11.8. The van der Waals surface area contributed by atoms with Crippen molar-refractivity contribution >= 4 is 5.91 Å². The normalized spacial score (nSPS) is 35.3. The topological polar surface area (TPSA) is 64.3 Å².